The maximum Gasteiger partial charge on any atom is 0.222 e. The minimum atomic E-state index is 0. The van der Waals surface area contributed by atoms with Crippen LogP contribution in [-0.2, 0) is 4.79 Å². The van der Waals surface area contributed by atoms with E-state index in [0.29, 0.717) is 17.4 Å². The van der Waals surface area contributed by atoms with E-state index < -0.39 is 0 Å². The van der Waals surface area contributed by atoms with E-state index in [1.54, 1.807) is 0 Å². The van der Waals surface area contributed by atoms with Crippen LogP contribution in [0.2, 0.25) is 0 Å². The van der Waals surface area contributed by atoms with Gasteiger partial charge in [0.25, 0.3) is 0 Å². The van der Waals surface area contributed by atoms with Crippen molar-refractivity contribution in [2.75, 3.05) is 26.7 Å². The smallest absolute Gasteiger partial charge is 0.222 e. The van der Waals surface area contributed by atoms with Crippen LogP contribution in [-0.4, -0.2) is 49.5 Å². The summed E-state index contributed by atoms with van der Waals surface area (Å²) >= 11 is 0. The molecule has 1 amide bonds. The molecule has 2 rings (SSSR count). The average Bonchev–Trinajstić information content (AvgIpc) is 2.97. The fourth-order valence-corrected chi connectivity index (χ4v) is 4.48. The highest BCUT2D eigenvalue weighted by atomic mass is 127. The fraction of sp³-hybridized carbons (Fsp3) is 0.900. The molecule has 1 saturated carbocycles. The summed E-state index contributed by atoms with van der Waals surface area (Å²) in [4.78, 5) is 18.4. The largest absolute Gasteiger partial charge is 0.356 e. The van der Waals surface area contributed by atoms with E-state index in [-0.39, 0.29) is 24.0 Å². The van der Waals surface area contributed by atoms with E-state index in [4.69, 9.17) is 0 Å². The number of aliphatic imine (C=N–C) groups is 1. The highest BCUT2D eigenvalue weighted by Crippen LogP contribution is 2.45. The van der Waals surface area contributed by atoms with Gasteiger partial charge in [-0.15, -0.1) is 24.0 Å². The summed E-state index contributed by atoms with van der Waals surface area (Å²) in [6, 6.07) is 0.361. The van der Waals surface area contributed by atoms with Crippen molar-refractivity contribution in [2.45, 2.75) is 78.2 Å². The molecule has 26 heavy (non-hydrogen) atoms. The molecule has 1 heterocycles. The lowest BCUT2D eigenvalue weighted by atomic mass is 9.64. The van der Waals surface area contributed by atoms with E-state index in [2.05, 4.69) is 41.3 Å². The van der Waals surface area contributed by atoms with Gasteiger partial charge < -0.3 is 15.5 Å². The zero-order valence-electron chi connectivity index (χ0n) is 17.1. The Balaban J connectivity index is 0.00000338. The molecule has 1 saturated heterocycles. The maximum absolute atomic E-state index is 11.9. The summed E-state index contributed by atoms with van der Waals surface area (Å²) in [5.74, 6) is 1.98. The van der Waals surface area contributed by atoms with E-state index in [0.717, 1.165) is 57.2 Å². The van der Waals surface area contributed by atoms with Gasteiger partial charge in [-0.25, -0.2) is 0 Å². The molecule has 1 aliphatic heterocycles. The Morgan fingerprint density at radius 3 is 2.46 bits per heavy atom. The fourth-order valence-electron chi connectivity index (χ4n) is 4.48. The van der Waals surface area contributed by atoms with Gasteiger partial charge >= 0.3 is 0 Å². The number of hydrogen-bond acceptors (Lipinski definition) is 2. The lowest BCUT2D eigenvalue weighted by molar-refractivity contribution is -0.129. The standard InChI is InChI=1S/C20H38N4O.HI/c1-5-17(24-13-6-8-18(24)25)9-12-22-19(21-4)23-15-20(10-7-11-20)14-16(2)3;/h16-17H,5-15H2,1-4H3,(H2,21,22,23);1H. The monoisotopic (exact) mass is 478 g/mol. The summed E-state index contributed by atoms with van der Waals surface area (Å²) in [5, 5.41) is 6.99. The van der Waals surface area contributed by atoms with Crippen molar-refractivity contribution in [1.82, 2.24) is 15.5 Å². The van der Waals surface area contributed by atoms with Crippen LogP contribution >= 0.6 is 24.0 Å². The van der Waals surface area contributed by atoms with Crippen LogP contribution in [0.4, 0.5) is 0 Å². The lowest BCUT2D eigenvalue weighted by Gasteiger charge is -2.43. The molecule has 6 heteroatoms. The summed E-state index contributed by atoms with van der Waals surface area (Å²) in [7, 11) is 1.84. The topological polar surface area (TPSA) is 56.7 Å². The Kier molecular flexibility index (Phi) is 10.3. The number of nitrogens with one attached hydrogen (secondary N) is 2. The SMILES string of the molecule is CCC(CCNC(=NC)NCC1(CC(C)C)CCC1)N1CCCC1=O.I. The number of amides is 1. The van der Waals surface area contributed by atoms with Gasteiger partial charge in [0.1, 0.15) is 0 Å². The van der Waals surface area contributed by atoms with Gasteiger partial charge in [-0.3, -0.25) is 9.79 Å². The molecule has 0 aromatic heterocycles. The Bertz CT molecular complexity index is 463. The number of rotatable bonds is 9. The predicted octanol–water partition coefficient (Wildman–Crippen LogP) is 3.78. The number of halogens is 1. The third kappa shape index (κ3) is 6.57. The van der Waals surface area contributed by atoms with Gasteiger partial charge in [0.05, 0.1) is 0 Å². The molecule has 2 fully saturated rings. The van der Waals surface area contributed by atoms with Crippen LogP contribution in [0.5, 0.6) is 0 Å². The summed E-state index contributed by atoms with van der Waals surface area (Å²) in [6.07, 6.45) is 9.09. The van der Waals surface area contributed by atoms with Crippen LogP contribution in [0.15, 0.2) is 4.99 Å². The molecule has 1 atom stereocenters. The molecule has 0 spiro atoms. The van der Waals surface area contributed by atoms with Crippen molar-refractivity contribution >= 4 is 35.8 Å². The Hall–Kier alpha value is -0.530. The first-order valence-electron chi connectivity index (χ1n) is 10.2. The van der Waals surface area contributed by atoms with Crippen LogP contribution in [0.3, 0.4) is 0 Å². The molecule has 2 N–H and O–H groups in total. The van der Waals surface area contributed by atoms with Crippen LogP contribution in [0, 0.1) is 11.3 Å². The first kappa shape index (κ1) is 23.5. The van der Waals surface area contributed by atoms with E-state index in [9.17, 15) is 4.79 Å². The first-order chi connectivity index (χ1) is 12.0. The van der Waals surface area contributed by atoms with Crippen molar-refractivity contribution in [1.29, 1.82) is 0 Å². The number of nitrogens with zero attached hydrogens (tertiary/aromatic N) is 2. The number of carbonyl (C=O) groups excluding carboxylic acids is 1. The number of hydrogen-bond donors (Lipinski definition) is 2. The normalized spacial score (nSPS) is 20.6. The molecule has 152 valence electrons. The lowest BCUT2D eigenvalue weighted by Crippen LogP contribution is -2.47. The Morgan fingerprint density at radius 2 is 2.00 bits per heavy atom. The second-order valence-corrected chi connectivity index (χ2v) is 8.35. The highest BCUT2D eigenvalue weighted by Gasteiger charge is 2.37. The molecule has 0 bridgehead atoms. The number of guanidine groups is 1. The Morgan fingerprint density at radius 1 is 1.27 bits per heavy atom. The molecule has 0 radical (unpaired) electrons. The van der Waals surface area contributed by atoms with E-state index in [1.807, 2.05) is 7.05 Å². The number of carbonyl (C=O) groups is 1. The van der Waals surface area contributed by atoms with E-state index >= 15 is 0 Å². The van der Waals surface area contributed by atoms with Crippen molar-refractivity contribution in [3.8, 4) is 0 Å². The zero-order chi connectivity index (χ0) is 18.3. The third-order valence-electron chi connectivity index (χ3n) is 5.90. The van der Waals surface area contributed by atoms with Gasteiger partial charge in [0, 0.05) is 39.1 Å². The third-order valence-corrected chi connectivity index (χ3v) is 5.90. The molecule has 0 aromatic carbocycles. The quantitative estimate of drug-likeness (QED) is 0.301. The number of likely N-dealkylation sites (tertiary alicyclic amines) is 1. The summed E-state index contributed by atoms with van der Waals surface area (Å²) in [6.45, 7) is 9.62. The van der Waals surface area contributed by atoms with Gasteiger partial charge in [-0.2, -0.15) is 0 Å². The van der Waals surface area contributed by atoms with Crippen molar-refractivity contribution in [2.24, 2.45) is 16.3 Å². The molecule has 0 aromatic rings. The molecule has 5 nitrogen and oxygen atoms in total. The zero-order valence-corrected chi connectivity index (χ0v) is 19.5. The van der Waals surface area contributed by atoms with Gasteiger partial charge in [0.15, 0.2) is 5.96 Å². The van der Waals surface area contributed by atoms with Crippen LogP contribution in [0.25, 0.3) is 0 Å². The molecular formula is C20H39IN4O. The average molecular weight is 478 g/mol. The van der Waals surface area contributed by atoms with Crippen molar-refractivity contribution in [3.05, 3.63) is 0 Å². The molecule has 1 unspecified atom stereocenters. The molecular weight excluding hydrogens is 439 g/mol. The molecule has 2 aliphatic rings. The maximum atomic E-state index is 11.9. The van der Waals surface area contributed by atoms with Gasteiger partial charge in [-0.05, 0) is 49.9 Å². The second-order valence-electron chi connectivity index (χ2n) is 8.35. The van der Waals surface area contributed by atoms with Gasteiger partial charge in [-0.1, -0.05) is 27.2 Å². The minimum Gasteiger partial charge on any atom is -0.356 e. The minimum absolute atomic E-state index is 0. The van der Waals surface area contributed by atoms with Crippen LogP contribution in [0.1, 0.15) is 72.1 Å². The van der Waals surface area contributed by atoms with Gasteiger partial charge in [0.2, 0.25) is 5.91 Å². The van der Waals surface area contributed by atoms with Crippen molar-refractivity contribution in [3.63, 3.8) is 0 Å². The second kappa shape index (κ2) is 11.3. The predicted molar refractivity (Wildman–Crippen MR) is 120 cm³/mol. The summed E-state index contributed by atoms with van der Waals surface area (Å²) in [5.41, 5.74) is 0.472. The molecule has 1 aliphatic carbocycles. The van der Waals surface area contributed by atoms with Crippen molar-refractivity contribution < 1.29 is 4.79 Å². The first-order valence-corrected chi connectivity index (χ1v) is 10.2. The summed E-state index contributed by atoms with van der Waals surface area (Å²) < 4.78 is 0. The Labute approximate surface area is 177 Å². The van der Waals surface area contributed by atoms with Crippen LogP contribution < -0.4 is 10.6 Å². The highest BCUT2D eigenvalue weighted by molar-refractivity contribution is 14.0. The van der Waals surface area contributed by atoms with E-state index in [1.165, 1.54) is 25.7 Å².